The van der Waals surface area contributed by atoms with Crippen LogP contribution in [0.1, 0.15) is 65.5 Å². The minimum atomic E-state index is -1.15. The smallest absolute Gasteiger partial charge is 0.351 e. The van der Waals surface area contributed by atoms with Crippen LogP contribution in [0.25, 0.3) is 0 Å². The summed E-state index contributed by atoms with van der Waals surface area (Å²) in [6, 6.07) is 1.39. The number of hydrogen-bond acceptors (Lipinski definition) is 10. The Labute approximate surface area is 186 Å². The van der Waals surface area contributed by atoms with Gasteiger partial charge in [0.05, 0.1) is 0 Å². The summed E-state index contributed by atoms with van der Waals surface area (Å²) in [5.41, 5.74) is 4.84. The molecule has 11 heteroatoms. The van der Waals surface area contributed by atoms with Crippen LogP contribution in [0.3, 0.4) is 0 Å². The number of carbonyl (C=O) groups is 3. The predicted molar refractivity (Wildman–Crippen MR) is 112 cm³/mol. The maximum absolute atomic E-state index is 12.4. The minimum Gasteiger partial charge on any atom is -0.463 e. The third kappa shape index (κ3) is 6.78. The summed E-state index contributed by atoms with van der Waals surface area (Å²) >= 11 is 0. The van der Waals surface area contributed by atoms with Gasteiger partial charge in [-0.2, -0.15) is 4.98 Å². The van der Waals surface area contributed by atoms with Crippen LogP contribution in [0.15, 0.2) is 17.1 Å². The lowest BCUT2D eigenvalue weighted by Gasteiger charge is -2.24. The number of aromatic nitrogens is 2. The predicted octanol–water partition coefficient (Wildman–Crippen LogP) is 1.49. The fourth-order valence-electron chi connectivity index (χ4n) is 3.23. The van der Waals surface area contributed by atoms with E-state index in [9.17, 15) is 19.2 Å². The molecule has 0 aromatic carbocycles. The van der Waals surface area contributed by atoms with Gasteiger partial charge in [-0.3, -0.25) is 19.0 Å². The van der Waals surface area contributed by atoms with E-state index in [0.29, 0.717) is 19.3 Å². The van der Waals surface area contributed by atoms with Crippen LogP contribution >= 0.6 is 0 Å². The van der Waals surface area contributed by atoms with Gasteiger partial charge in [-0.15, -0.1) is 0 Å². The van der Waals surface area contributed by atoms with Crippen molar-refractivity contribution in [2.75, 3.05) is 12.3 Å². The molecule has 1 aromatic heterocycles. The lowest BCUT2D eigenvalue weighted by molar-refractivity contribution is -0.169. The summed E-state index contributed by atoms with van der Waals surface area (Å²) in [5, 5.41) is 0. The second kappa shape index (κ2) is 12.2. The van der Waals surface area contributed by atoms with Crippen molar-refractivity contribution < 1.29 is 33.3 Å². The zero-order valence-corrected chi connectivity index (χ0v) is 18.7. The molecule has 1 fully saturated rings. The molecule has 2 rings (SSSR count). The molecule has 1 aliphatic heterocycles. The molecule has 0 radical (unpaired) electrons. The van der Waals surface area contributed by atoms with E-state index in [1.54, 1.807) is 0 Å². The number of anilines is 1. The average Bonchev–Trinajstić information content (AvgIpc) is 3.04. The average molecular weight is 453 g/mol. The second-order valence-corrected chi connectivity index (χ2v) is 7.45. The van der Waals surface area contributed by atoms with Crippen molar-refractivity contribution in [3.63, 3.8) is 0 Å². The molecule has 4 atom stereocenters. The van der Waals surface area contributed by atoms with Gasteiger partial charge < -0.3 is 24.7 Å². The van der Waals surface area contributed by atoms with Gasteiger partial charge in [-0.05, 0) is 25.3 Å². The SMILES string of the molecule is CCCC(=O)OC[C@H]1O[C@@H](n2ccc(N)nc2=O)[C@H](OC(=O)CCC)[C@@H]1OC(=O)CCC. The molecule has 1 aromatic rings. The number of nitrogen functional groups attached to an aromatic ring is 1. The molecule has 2 heterocycles. The molecule has 178 valence electrons. The molecular formula is C21H31N3O8. The summed E-state index contributed by atoms with van der Waals surface area (Å²) in [7, 11) is 0. The topological polar surface area (TPSA) is 149 Å². The van der Waals surface area contributed by atoms with E-state index in [1.807, 2.05) is 20.8 Å². The maximum Gasteiger partial charge on any atom is 0.351 e. The van der Waals surface area contributed by atoms with E-state index < -0.39 is 48.1 Å². The van der Waals surface area contributed by atoms with Crippen LogP contribution in [0.5, 0.6) is 0 Å². The highest BCUT2D eigenvalue weighted by Crippen LogP contribution is 2.34. The van der Waals surface area contributed by atoms with Gasteiger partial charge in [0, 0.05) is 25.5 Å². The number of nitrogens with two attached hydrogens (primary N) is 1. The number of ether oxygens (including phenoxy) is 4. The van der Waals surface area contributed by atoms with Crippen molar-refractivity contribution in [3.05, 3.63) is 22.7 Å². The molecule has 1 aliphatic rings. The maximum atomic E-state index is 12.4. The first-order valence-corrected chi connectivity index (χ1v) is 10.8. The number of carbonyl (C=O) groups excluding carboxylic acids is 3. The van der Waals surface area contributed by atoms with Crippen molar-refractivity contribution in [1.82, 2.24) is 9.55 Å². The monoisotopic (exact) mass is 453 g/mol. The van der Waals surface area contributed by atoms with Crippen LogP contribution in [0.2, 0.25) is 0 Å². The van der Waals surface area contributed by atoms with E-state index in [1.165, 1.54) is 12.3 Å². The Bertz CT molecular complexity index is 856. The standard InChI is InChI=1S/C21H31N3O8/c1-4-7-15(25)29-12-13-18(31-16(26)8-5-2)19(32-17(27)9-6-3)20(30-13)24-11-10-14(22)23-21(24)28/h10-11,13,18-20H,4-9,12H2,1-3H3,(H2,22,23,28)/t13-,18-,19-,20-/m1/s1. The largest absolute Gasteiger partial charge is 0.463 e. The highest BCUT2D eigenvalue weighted by Gasteiger charge is 2.51. The van der Waals surface area contributed by atoms with Crippen molar-refractivity contribution in [2.24, 2.45) is 0 Å². The summed E-state index contributed by atoms with van der Waals surface area (Å²) < 4.78 is 23.4. The Morgan fingerprint density at radius 2 is 1.56 bits per heavy atom. The number of nitrogens with zero attached hydrogens (tertiary/aromatic N) is 2. The summed E-state index contributed by atoms with van der Waals surface area (Å²) in [6.45, 7) is 5.23. The zero-order valence-electron chi connectivity index (χ0n) is 18.7. The van der Waals surface area contributed by atoms with Crippen LogP contribution in [0, 0.1) is 0 Å². The van der Waals surface area contributed by atoms with Crippen LogP contribution in [-0.4, -0.2) is 52.4 Å². The third-order valence-corrected chi connectivity index (χ3v) is 4.72. The molecule has 2 N–H and O–H groups in total. The molecule has 0 unspecified atom stereocenters. The van der Waals surface area contributed by atoms with E-state index in [2.05, 4.69) is 4.98 Å². The summed E-state index contributed by atoms with van der Waals surface area (Å²) in [5.74, 6) is -1.49. The Balaban J connectivity index is 2.38. The van der Waals surface area contributed by atoms with Crippen molar-refractivity contribution in [3.8, 4) is 0 Å². The van der Waals surface area contributed by atoms with Crippen LogP contribution in [0.4, 0.5) is 5.82 Å². The number of rotatable bonds is 11. The van der Waals surface area contributed by atoms with Gasteiger partial charge >= 0.3 is 23.6 Å². The minimum absolute atomic E-state index is 0.0137. The van der Waals surface area contributed by atoms with Gasteiger partial charge in [-0.1, -0.05) is 20.8 Å². The Hall–Kier alpha value is -2.95. The summed E-state index contributed by atoms with van der Waals surface area (Å²) in [6.07, 6.45) is -0.799. The number of esters is 3. The zero-order chi connectivity index (χ0) is 23.7. The van der Waals surface area contributed by atoms with Crippen molar-refractivity contribution in [1.29, 1.82) is 0 Å². The van der Waals surface area contributed by atoms with Gasteiger partial charge in [0.15, 0.2) is 18.4 Å². The van der Waals surface area contributed by atoms with Gasteiger partial charge in [-0.25, -0.2) is 4.79 Å². The molecule has 1 saturated heterocycles. The van der Waals surface area contributed by atoms with E-state index >= 15 is 0 Å². The molecule has 11 nitrogen and oxygen atoms in total. The fourth-order valence-corrected chi connectivity index (χ4v) is 3.23. The molecular weight excluding hydrogens is 422 g/mol. The molecule has 0 amide bonds. The second-order valence-electron chi connectivity index (χ2n) is 7.45. The third-order valence-electron chi connectivity index (χ3n) is 4.72. The molecule has 0 bridgehead atoms. The van der Waals surface area contributed by atoms with Gasteiger partial charge in [0.25, 0.3) is 0 Å². The van der Waals surface area contributed by atoms with Crippen molar-refractivity contribution >= 4 is 23.7 Å². The Morgan fingerprint density at radius 1 is 1.00 bits per heavy atom. The number of hydrogen-bond donors (Lipinski definition) is 1. The summed E-state index contributed by atoms with van der Waals surface area (Å²) in [4.78, 5) is 52.6. The van der Waals surface area contributed by atoms with E-state index in [4.69, 9.17) is 24.7 Å². The first-order valence-electron chi connectivity index (χ1n) is 10.8. The Kier molecular flexibility index (Phi) is 9.63. The normalized spacial score (nSPS) is 22.3. The van der Waals surface area contributed by atoms with Gasteiger partial charge in [0.2, 0.25) is 0 Å². The van der Waals surface area contributed by atoms with Gasteiger partial charge in [0.1, 0.15) is 18.5 Å². The van der Waals surface area contributed by atoms with E-state index in [-0.39, 0.29) is 31.7 Å². The lowest BCUT2D eigenvalue weighted by atomic mass is 10.1. The Morgan fingerprint density at radius 3 is 2.12 bits per heavy atom. The highest BCUT2D eigenvalue weighted by molar-refractivity contribution is 5.71. The lowest BCUT2D eigenvalue weighted by Crippen LogP contribution is -2.42. The van der Waals surface area contributed by atoms with E-state index in [0.717, 1.165) is 4.57 Å². The van der Waals surface area contributed by atoms with Crippen LogP contribution < -0.4 is 11.4 Å². The first kappa shape index (κ1) is 25.3. The van der Waals surface area contributed by atoms with Crippen molar-refractivity contribution in [2.45, 2.75) is 83.8 Å². The molecule has 32 heavy (non-hydrogen) atoms. The van der Waals surface area contributed by atoms with Crippen LogP contribution in [-0.2, 0) is 33.3 Å². The molecule has 0 aliphatic carbocycles. The highest BCUT2D eigenvalue weighted by atomic mass is 16.7. The first-order chi connectivity index (χ1) is 15.3. The quantitative estimate of drug-likeness (QED) is 0.386. The molecule has 0 saturated carbocycles. The fraction of sp³-hybridized carbons (Fsp3) is 0.667. The molecule has 0 spiro atoms.